The average Bonchev–Trinajstić information content (AvgIpc) is 3.57. The van der Waals surface area contributed by atoms with Gasteiger partial charge >= 0.3 is 0 Å². The molecule has 2 aromatic carbocycles. The van der Waals surface area contributed by atoms with Gasteiger partial charge in [-0.15, -0.1) is 0 Å². The summed E-state index contributed by atoms with van der Waals surface area (Å²) >= 11 is 0. The van der Waals surface area contributed by atoms with Crippen molar-refractivity contribution in [3.8, 4) is 11.5 Å². The number of phenolic OH excluding ortho intramolecular Hbond substituents is 1. The molecule has 0 saturated carbocycles. The van der Waals surface area contributed by atoms with Crippen molar-refractivity contribution in [1.82, 2.24) is 14.9 Å². The molecule has 4 aromatic rings. The maximum absolute atomic E-state index is 12.4. The van der Waals surface area contributed by atoms with E-state index in [4.69, 9.17) is 10.5 Å². The summed E-state index contributed by atoms with van der Waals surface area (Å²) in [6, 6.07) is 9.02. The number of nitrogens with one attached hydrogen (secondary N) is 2. The van der Waals surface area contributed by atoms with Gasteiger partial charge in [-0.2, -0.15) is 0 Å². The number of ether oxygens (including phenoxy) is 1. The first-order valence-corrected chi connectivity index (χ1v) is 15.5. The Bertz CT molecular complexity index is 1580. The molecule has 0 radical (unpaired) electrons. The first-order valence-electron chi connectivity index (χ1n) is 15.5. The number of benzene rings is 2. The van der Waals surface area contributed by atoms with E-state index in [2.05, 4.69) is 10.3 Å². The summed E-state index contributed by atoms with van der Waals surface area (Å²) in [7, 11) is 0. The van der Waals surface area contributed by atoms with Crippen molar-refractivity contribution in [3.63, 3.8) is 0 Å². The van der Waals surface area contributed by atoms with Crippen LogP contribution >= 0.6 is 0 Å². The van der Waals surface area contributed by atoms with E-state index in [1.165, 1.54) is 5.56 Å². The monoisotopic (exact) mass is 604 g/mol. The minimum Gasteiger partial charge on any atom is -0.504 e. The van der Waals surface area contributed by atoms with Crippen LogP contribution in [0.1, 0.15) is 78.6 Å². The maximum Gasteiger partial charge on any atom is 0.165 e. The second-order valence-corrected chi connectivity index (χ2v) is 11.9. The van der Waals surface area contributed by atoms with E-state index in [1.807, 2.05) is 42.2 Å². The molecule has 0 bridgehead atoms. The number of aryl methyl sites for hydroxylation is 1. The number of fused-ring (bicyclic) bond motifs is 2. The fourth-order valence-electron chi connectivity index (χ4n) is 6.18. The van der Waals surface area contributed by atoms with E-state index in [-0.39, 0.29) is 50.3 Å². The van der Waals surface area contributed by atoms with Gasteiger partial charge in [-0.25, -0.2) is 0 Å². The zero-order valence-corrected chi connectivity index (χ0v) is 25.3. The first-order chi connectivity index (χ1) is 21.2. The molecule has 8 N–H and O–H groups in total. The van der Waals surface area contributed by atoms with Gasteiger partial charge in [-0.1, -0.05) is 31.5 Å². The van der Waals surface area contributed by atoms with Gasteiger partial charge in [-0.05, 0) is 71.2 Å². The van der Waals surface area contributed by atoms with Crippen LogP contribution in [0.2, 0.25) is 0 Å². The number of hydrogen-bond donors (Lipinski definition) is 7. The molecule has 1 aliphatic rings. The third-order valence-corrected chi connectivity index (χ3v) is 8.52. The number of rotatable bonds is 15. The molecule has 1 aliphatic heterocycles. The number of aromatic nitrogens is 2. The second-order valence-electron chi connectivity index (χ2n) is 11.9. The lowest BCUT2D eigenvalue weighted by atomic mass is 9.87. The number of carbonyl (C=O) groups is 1. The molecule has 0 unspecified atom stereocenters. The van der Waals surface area contributed by atoms with Crippen LogP contribution in [0, 0.1) is 0 Å². The average molecular weight is 605 g/mol. The SMILES string of the molecule is CCC[C@H](O)C[C@@H](O)CC(=O)CCc1ccc(O)c(OCn2cc3[nH]cc(Cc4c(CO)ccc5c4CCN[C@H]5N)c3c2)c1. The van der Waals surface area contributed by atoms with E-state index < -0.39 is 12.2 Å². The van der Waals surface area contributed by atoms with Gasteiger partial charge in [0.2, 0.25) is 0 Å². The number of hydrogen-bond acceptors (Lipinski definition) is 8. The molecule has 0 aliphatic carbocycles. The molecule has 3 atom stereocenters. The van der Waals surface area contributed by atoms with Gasteiger partial charge < -0.3 is 40.4 Å². The lowest BCUT2D eigenvalue weighted by molar-refractivity contribution is -0.121. The maximum atomic E-state index is 12.4. The van der Waals surface area contributed by atoms with Crippen LogP contribution < -0.4 is 15.8 Å². The summed E-state index contributed by atoms with van der Waals surface area (Å²) in [4.78, 5) is 15.7. The number of Topliss-reactive ketones (excluding diaryl/α,β-unsaturated/α-hetero) is 1. The highest BCUT2D eigenvalue weighted by atomic mass is 16.5. The highest BCUT2D eigenvalue weighted by Gasteiger charge is 2.22. The topological polar surface area (TPSA) is 166 Å². The molecule has 236 valence electrons. The van der Waals surface area contributed by atoms with Crippen molar-refractivity contribution >= 4 is 16.7 Å². The van der Waals surface area contributed by atoms with Crippen molar-refractivity contribution in [2.75, 3.05) is 6.54 Å². The number of aliphatic hydroxyl groups is 3. The zero-order valence-electron chi connectivity index (χ0n) is 25.3. The van der Waals surface area contributed by atoms with E-state index in [9.17, 15) is 25.2 Å². The molecule has 10 heteroatoms. The lowest BCUT2D eigenvalue weighted by Crippen LogP contribution is -2.36. The fourth-order valence-corrected chi connectivity index (χ4v) is 6.18. The first kappa shape index (κ1) is 31.7. The summed E-state index contributed by atoms with van der Waals surface area (Å²) in [6.07, 6.45) is 8.18. The number of H-pyrrole nitrogens is 1. The van der Waals surface area contributed by atoms with Gasteiger partial charge in [0.15, 0.2) is 18.2 Å². The van der Waals surface area contributed by atoms with E-state index in [0.717, 1.165) is 58.1 Å². The normalized spacial score (nSPS) is 16.2. The number of phenols is 1. The van der Waals surface area contributed by atoms with Crippen molar-refractivity contribution in [1.29, 1.82) is 0 Å². The van der Waals surface area contributed by atoms with Gasteiger partial charge in [0.25, 0.3) is 0 Å². The van der Waals surface area contributed by atoms with Crippen molar-refractivity contribution < 1.29 is 30.0 Å². The zero-order chi connectivity index (χ0) is 31.2. The number of ketones is 1. The Labute approximate surface area is 257 Å². The number of aliphatic hydroxyl groups excluding tert-OH is 3. The Morgan fingerprint density at radius 1 is 1.16 bits per heavy atom. The molecule has 44 heavy (non-hydrogen) atoms. The molecular formula is C34H44N4O6. The van der Waals surface area contributed by atoms with Crippen LogP contribution in [0.3, 0.4) is 0 Å². The third-order valence-electron chi connectivity index (χ3n) is 8.52. The molecule has 0 fully saturated rings. The number of aromatic amines is 1. The van der Waals surface area contributed by atoms with Gasteiger partial charge in [0, 0.05) is 49.8 Å². The second kappa shape index (κ2) is 14.4. The Morgan fingerprint density at radius 2 is 2.00 bits per heavy atom. The predicted octanol–water partition coefficient (Wildman–Crippen LogP) is 3.70. The van der Waals surface area contributed by atoms with E-state index in [0.29, 0.717) is 25.0 Å². The Kier molecular flexibility index (Phi) is 10.4. The Balaban J connectivity index is 1.21. The highest BCUT2D eigenvalue weighted by Crippen LogP contribution is 2.32. The molecule has 3 heterocycles. The summed E-state index contributed by atoms with van der Waals surface area (Å²) in [5.41, 5.74) is 13.5. The van der Waals surface area contributed by atoms with E-state index in [1.54, 1.807) is 18.2 Å². The van der Waals surface area contributed by atoms with Crippen molar-refractivity contribution in [3.05, 3.63) is 82.3 Å². The van der Waals surface area contributed by atoms with Crippen LogP contribution in [-0.4, -0.2) is 54.5 Å². The van der Waals surface area contributed by atoms with E-state index >= 15 is 0 Å². The minimum absolute atomic E-state index is 0.0110. The van der Waals surface area contributed by atoms with Crippen LogP contribution in [-0.2, 0) is 37.4 Å². The molecule has 0 saturated heterocycles. The van der Waals surface area contributed by atoms with Crippen molar-refractivity contribution in [2.45, 2.75) is 90.0 Å². The van der Waals surface area contributed by atoms with Crippen molar-refractivity contribution in [2.24, 2.45) is 5.73 Å². The van der Waals surface area contributed by atoms with Gasteiger partial charge in [0.05, 0.1) is 30.5 Å². The molecule has 10 nitrogen and oxygen atoms in total. The number of nitrogens with two attached hydrogens (primary N) is 1. The van der Waals surface area contributed by atoms with Crippen LogP contribution in [0.4, 0.5) is 0 Å². The summed E-state index contributed by atoms with van der Waals surface area (Å²) < 4.78 is 7.88. The fraction of sp³-hybridized carbons (Fsp3) is 0.441. The summed E-state index contributed by atoms with van der Waals surface area (Å²) in [6.45, 7) is 2.90. The summed E-state index contributed by atoms with van der Waals surface area (Å²) in [5.74, 6) is 0.261. The molecular weight excluding hydrogens is 560 g/mol. The van der Waals surface area contributed by atoms with Crippen LogP contribution in [0.25, 0.3) is 10.9 Å². The van der Waals surface area contributed by atoms with Gasteiger partial charge in [-0.3, -0.25) is 10.1 Å². The number of carbonyl (C=O) groups excluding carboxylic acids is 1. The van der Waals surface area contributed by atoms with Gasteiger partial charge in [0.1, 0.15) is 5.78 Å². The highest BCUT2D eigenvalue weighted by molar-refractivity contribution is 5.83. The molecule has 0 amide bonds. The quantitative estimate of drug-likeness (QED) is 0.108. The van der Waals surface area contributed by atoms with Crippen LogP contribution in [0.15, 0.2) is 48.9 Å². The standard InChI is InChI=1S/C34H44N4O6/c1-2-3-24(40)14-26(42)15-25(41)7-4-21-5-9-32(43)33(12-21)44-20-38-17-30-23(16-37-31(30)18-38)13-29-22(19-39)6-8-28-27(29)10-11-36-34(28)35/h5-6,8-9,12,16-18,24,26,34,36-37,39-40,42-43H,2-4,7,10-11,13-15,19-20,35H2,1H3/t24-,26+,34+/m0/s1. The molecule has 2 aromatic heterocycles. The number of aromatic hydroxyl groups is 1. The largest absolute Gasteiger partial charge is 0.504 e. The van der Waals surface area contributed by atoms with Crippen LogP contribution in [0.5, 0.6) is 11.5 Å². The summed E-state index contributed by atoms with van der Waals surface area (Å²) in [5, 5.41) is 44.8. The number of nitrogens with zero attached hydrogens (tertiary/aromatic N) is 1. The third kappa shape index (κ3) is 7.51. The molecule has 5 rings (SSSR count). The Morgan fingerprint density at radius 3 is 2.80 bits per heavy atom. The predicted molar refractivity (Wildman–Crippen MR) is 168 cm³/mol. The Hall–Kier alpha value is -3.67. The smallest absolute Gasteiger partial charge is 0.165 e. The lowest BCUT2D eigenvalue weighted by Gasteiger charge is -2.27. The minimum atomic E-state index is -0.846. The molecule has 0 spiro atoms.